The highest BCUT2D eigenvalue weighted by Gasteiger charge is 2.19. The van der Waals surface area contributed by atoms with E-state index in [1.807, 2.05) is 37.3 Å². The van der Waals surface area contributed by atoms with Gasteiger partial charge in [-0.1, -0.05) is 53.4 Å². The van der Waals surface area contributed by atoms with E-state index in [-0.39, 0.29) is 18.0 Å². The Morgan fingerprint density at radius 3 is 2.86 bits per heavy atom. The molecule has 0 saturated carbocycles. The molecule has 0 saturated heterocycles. The summed E-state index contributed by atoms with van der Waals surface area (Å²) in [4.78, 5) is 12.5. The second-order valence-corrected chi connectivity index (χ2v) is 8.60. The molecule has 1 amide bonds. The molecule has 1 aromatic heterocycles. The first kappa shape index (κ1) is 18.6. The Bertz CT molecular complexity index is 965. The fourth-order valence-corrected chi connectivity index (χ4v) is 4.42. The first-order valence-electron chi connectivity index (χ1n) is 8.66. The van der Waals surface area contributed by atoms with Crippen molar-refractivity contribution in [1.82, 2.24) is 10.2 Å². The molecule has 2 aromatic carbocycles. The lowest BCUT2D eigenvalue weighted by atomic mass is 10.2. The minimum absolute atomic E-state index is 0.113. The first-order chi connectivity index (χ1) is 13.7. The summed E-state index contributed by atoms with van der Waals surface area (Å²) in [6.45, 7) is 2.72. The van der Waals surface area contributed by atoms with Crippen molar-refractivity contribution >= 4 is 39.8 Å². The van der Waals surface area contributed by atoms with Crippen LogP contribution in [0.1, 0.15) is 12.5 Å². The minimum Gasteiger partial charge on any atom is -0.454 e. The summed E-state index contributed by atoms with van der Waals surface area (Å²) >= 11 is 2.81. The van der Waals surface area contributed by atoms with E-state index in [9.17, 15) is 4.79 Å². The highest BCUT2D eigenvalue weighted by atomic mass is 32.2. The molecule has 0 spiro atoms. The number of fused-ring (bicyclic) bond motifs is 1. The van der Waals surface area contributed by atoms with Crippen LogP contribution in [0.5, 0.6) is 11.5 Å². The van der Waals surface area contributed by atoms with Crippen molar-refractivity contribution in [3.05, 3.63) is 54.1 Å². The zero-order valence-corrected chi connectivity index (χ0v) is 16.7. The molecule has 2 N–H and O–H groups in total. The minimum atomic E-state index is -0.319. The quantitative estimate of drug-likeness (QED) is 0.565. The Kier molecular flexibility index (Phi) is 5.63. The molecule has 7 nitrogen and oxygen atoms in total. The number of ether oxygens (including phenoxy) is 2. The van der Waals surface area contributed by atoms with Crippen molar-refractivity contribution in [2.75, 3.05) is 17.4 Å². The van der Waals surface area contributed by atoms with E-state index < -0.39 is 0 Å². The number of nitrogens with zero attached hydrogens (tertiary/aromatic N) is 2. The SMILES string of the molecule is C[C@H](Sc1nnc(NCc2ccccc2)s1)C(=O)Nc1ccc2c(c1)OCO2. The van der Waals surface area contributed by atoms with Gasteiger partial charge in [0.25, 0.3) is 0 Å². The van der Waals surface area contributed by atoms with E-state index in [0.29, 0.717) is 23.7 Å². The zero-order valence-electron chi connectivity index (χ0n) is 15.0. The van der Waals surface area contributed by atoms with Crippen LogP contribution >= 0.6 is 23.1 Å². The summed E-state index contributed by atoms with van der Waals surface area (Å²) in [6.07, 6.45) is 0. The van der Waals surface area contributed by atoms with E-state index >= 15 is 0 Å². The van der Waals surface area contributed by atoms with Gasteiger partial charge in [-0.2, -0.15) is 0 Å². The van der Waals surface area contributed by atoms with Crippen molar-refractivity contribution in [1.29, 1.82) is 0 Å². The Labute approximate surface area is 170 Å². The molecule has 9 heteroatoms. The second kappa shape index (κ2) is 8.49. The number of thioether (sulfide) groups is 1. The van der Waals surface area contributed by atoms with Gasteiger partial charge in [0.1, 0.15) is 0 Å². The van der Waals surface area contributed by atoms with Crippen molar-refractivity contribution in [3.8, 4) is 11.5 Å². The van der Waals surface area contributed by atoms with Crippen LogP contribution in [0.25, 0.3) is 0 Å². The molecular formula is C19H18N4O3S2. The summed E-state index contributed by atoms with van der Waals surface area (Å²) in [7, 11) is 0. The van der Waals surface area contributed by atoms with E-state index in [2.05, 4.69) is 20.8 Å². The Hall–Kier alpha value is -2.78. The van der Waals surface area contributed by atoms with Crippen LogP contribution in [0.2, 0.25) is 0 Å². The lowest BCUT2D eigenvalue weighted by molar-refractivity contribution is -0.115. The van der Waals surface area contributed by atoms with Crippen LogP contribution in [0.3, 0.4) is 0 Å². The van der Waals surface area contributed by atoms with Gasteiger partial charge in [-0.05, 0) is 24.6 Å². The van der Waals surface area contributed by atoms with E-state index in [0.717, 1.165) is 9.47 Å². The van der Waals surface area contributed by atoms with Crippen molar-refractivity contribution < 1.29 is 14.3 Å². The maximum Gasteiger partial charge on any atom is 0.237 e. The highest BCUT2D eigenvalue weighted by molar-refractivity contribution is 8.02. The normalized spacial score (nSPS) is 13.2. The van der Waals surface area contributed by atoms with Gasteiger partial charge in [0.05, 0.1) is 5.25 Å². The molecule has 2 heterocycles. The number of hydrogen-bond donors (Lipinski definition) is 2. The number of anilines is 2. The molecule has 4 rings (SSSR count). The molecule has 0 fully saturated rings. The molecule has 1 aliphatic rings. The van der Waals surface area contributed by atoms with Crippen molar-refractivity contribution in [3.63, 3.8) is 0 Å². The number of carbonyl (C=O) groups is 1. The molecule has 144 valence electrons. The van der Waals surface area contributed by atoms with Gasteiger partial charge in [0, 0.05) is 18.3 Å². The average molecular weight is 415 g/mol. The van der Waals surface area contributed by atoms with Crippen LogP contribution in [0.15, 0.2) is 52.9 Å². The standard InChI is InChI=1S/C19H18N4O3S2/c1-12(17(24)21-14-7-8-15-16(9-14)26-11-25-15)27-19-23-22-18(28-19)20-10-13-5-3-2-4-6-13/h2-9,12H,10-11H2,1H3,(H,20,22)(H,21,24)/t12-/m0/s1. The van der Waals surface area contributed by atoms with Crippen molar-refractivity contribution in [2.24, 2.45) is 0 Å². The third-order valence-electron chi connectivity index (χ3n) is 3.98. The summed E-state index contributed by atoms with van der Waals surface area (Å²) in [5.74, 6) is 1.21. The molecule has 0 radical (unpaired) electrons. The number of amides is 1. The Morgan fingerprint density at radius 1 is 1.18 bits per heavy atom. The summed E-state index contributed by atoms with van der Waals surface area (Å²) in [5.41, 5.74) is 1.84. The maximum atomic E-state index is 12.5. The van der Waals surface area contributed by atoms with Crippen LogP contribution in [-0.2, 0) is 11.3 Å². The predicted octanol–water partition coefficient (Wildman–Crippen LogP) is 4.00. The largest absolute Gasteiger partial charge is 0.454 e. The summed E-state index contributed by atoms with van der Waals surface area (Å²) < 4.78 is 11.3. The number of benzene rings is 2. The van der Waals surface area contributed by atoms with Crippen LogP contribution in [-0.4, -0.2) is 28.1 Å². The van der Waals surface area contributed by atoms with Crippen LogP contribution < -0.4 is 20.1 Å². The van der Waals surface area contributed by atoms with E-state index in [1.54, 1.807) is 18.2 Å². The van der Waals surface area contributed by atoms with Gasteiger partial charge in [0.15, 0.2) is 15.8 Å². The van der Waals surface area contributed by atoms with Gasteiger partial charge in [0.2, 0.25) is 17.8 Å². The second-order valence-electron chi connectivity index (χ2n) is 6.03. The number of aromatic nitrogens is 2. The molecule has 28 heavy (non-hydrogen) atoms. The molecular weight excluding hydrogens is 396 g/mol. The lowest BCUT2D eigenvalue weighted by Gasteiger charge is -2.10. The van der Waals surface area contributed by atoms with Crippen molar-refractivity contribution in [2.45, 2.75) is 23.1 Å². The van der Waals surface area contributed by atoms with E-state index in [1.165, 1.54) is 28.7 Å². The zero-order chi connectivity index (χ0) is 19.3. The van der Waals surface area contributed by atoms with Gasteiger partial charge in [-0.15, -0.1) is 10.2 Å². The number of rotatable bonds is 7. The number of hydrogen-bond acceptors (Lipinski definition) is 8. The number of nitrogens with one attached hydrogen (secondary N) is 2. The van der Waals surface area contributed by atoms with Gasteiger partial charge in [-0.25, -0.2) is 0 Å². The van der Waals surface area contributed by atoms with E-state index in [4.69, 9.17) is 9.47 Å². The first-order valence-corrected chi connectivity index (χ1v) is 10.4. The molecule has 0 bridgehead atoms. The Morgan fingerprint density at radius 2 is 2.00 bits per heavy atom. The van der Waals surface area contributed by atoms with Gasteiger partial charge >= 0.3 is 0 Å². The van der Waals surface area contributed by atoms with Gasteiger partial charge < -0.3 is 20.1 Å². The lowest BCUT2D eigenvalue weighted by Crippen LogP contribution is -2.22. The van der Waals surface area contributed by atoms with Gasteiger partial charge in [-0.3, -0.25) is 4.79 Å². The highest BCUT2D eigenvalue weighted by Crippen LogP contribution is 2.35. The maximum absolute atomic E-state index is 12.5. The predicted molar refractivity (Wildman–Crippen MR) is 110 cm³/mol. The fourth-order valence-electron chi connectivity index (χ4n) is 2.53. The number of carbonyl (C=O) groups excluding carboxylic acids is 1. The summed E-state index contributed by atoms with van der Waals surface area (Å²) in [6, 6.07) is 15.4. The molecule has 1 atom stereocenters. The molecule has 0 aliphatic carbocycles. The third-order valence-corrected chi connectivity index (χ3v) is 6.05. The smallest absolute Gasteiger partial charge is 0.237 e. The van der Waals surface area contributed by atoms with Crippen LogP contribution in [0, 0.1) is 0 Å². The monoisotopic (exact) mass is 414 g/mol. The Balaban J connectivity index is 1.30. The van der Waals surface area contributed by atoms with Crippen LogP contribution in [0.4, 0.5) is 10.8 Å². The summed E-state index contributed by atoms with van der Waals surface area (Å²) in [5, 5.41) is 14.9. The molecule has 0 unspecified atom stereocenters. The fraction of sp³-hybridized carbons (Fsp3) is 0.211. The topological polar surface area (TPSA) is 85.4 Å². The average Bonchev–Trinajstić information content (AvgIpc) is 3.36. The molecule has 3 aromatic rings. The molecule has 1 aliphatic heterocycles. The third kappa shape index (κ3) is 4.55.